The normalized spacial score (nSPS) is 9.93. The fraction of sp³-hybridized carbons (Fsp3) is 0. The van der Waals surface area contributed by atoms with Gasteiger partial charge in [-0.25, -0.2) is 0 Å². The van der Waals surface area contributed by atoms with E-state index in [0.717, 1.165) is 10.0 Å². The lowest BCUT2D eigenvalue weighted by Gasteiger charge is -2.03. The van der Waals surface area contributed by atoms with Crippen molar-refractivity contribution < 1.29 is 0 Å². The molecule has 2 rings (SSSR count). The van der Waals surface area contributed by atoms with E-state index in [1.807, 2.05) is 24.3 Å². The Hall–Kier alpha value is -1.34. The van der Waals surface area contributed by atoms with Gasteiger partial charge in [-0.3, -0.25) is 0 Å². The van der Waals surface area contributed by atoms with Gasteiger partial charge in [-0.2, -0.15) is 0 Å². The predicted molar refractivity (Wildman–Crippen MR) is 69.7 cm³/mol. The number of hydrogen-bond donors (Lipinski definition) is 0. The average Bonchev–Trinajstić information content (AvgIpc) is 2.29. The molecule has 0 aliphatic carbocycles. The highest BCUT2D eigenvalue weighted by molar-refractivity contribution is 9.10. The van der Waals surface area contributed by atoms with Crippen molar-refractivity contribution in [2.75, 3.05) is 0 Å². The van der Waals surface area contributed by atoms with Gasteiger partial charge >= 0.3 is 0 Å². The Morgan fingerprint density at radius 2 is 1.60 bits per heavy atom. The van der Waals surface area contributed by atoms with Gasteiger partial charge in [0.1, 0.15) is 0 Å². The van der Waals surface area contributed by atoms with Gasteiger partial charge in [0.25, 0.3) is 0 Å². The monoisotopic (exact) mass is 258 g/mol. The van der Waals surface area contributed by atoms with Crippen molar-refractivity contribution in [3.63, 3.8) is 0 Å². The van der Waals surface area contributed by atoms with Gasteiger partial charge in [0, 0.05) is 4.47 Å². The highest BCUT2D eigenvalue weighted by Gasteiger charge is 1.98. The van der Waals surface area contributed by atoms with Crippen molar-refractivity contribution in [2.45, 2.75) is 0 Å². The Bertz CT molecular complexity index is 486. The average molecular weight is 259 g/mol. The minimum absolute atomic E-state index is 1.10. The van der Waals surface area contributed by atoms with Crippen LogP contribution in [-0.4, -0.2) is 0 Å². The lowest BCUT2D eigenvalue weighted by Crippen LogP contribution is -1.79. The first-order valence-corrected chi connectivity index (χ1v) is 5.57. The molecule has 0 atom stereocenters. The summed E-state index contributed by atoms with van der Waals surface area (Å²) in [6.45, 7) is 3.77. The van der Waals surface area contributed by atoms with Crippen LogP contribution in [0.1, 0.15) is 5.56 Å². The molecule has 2 aromatic carbocycles. The van der Waals surface area contributed by atoms with Crippen LogP contribution in [-0.2, 0) is 0 Å². The van der Waals surface area contributed by atoms with E-state index in [-0.39, 0.29) is 0 Å². The highest BCUT2D eigenvalue weighted by Crippen LogP contribution is 2.23. The molecule has 0 unspecified atom stereocenters. The second-order valence-corrected chi connectivity index (χ2v) is 4.26. The van der Waals surface area contributed by atoms with Crippen LogP contribution in [0.15, 0.2) is 59.6 Å². The van der Waals surface area contributed by atoms with Crippen LogP contribution in [0.25, 0.3) is 17.2 Å². The van der Waals surface area contributed by atoms with Crippen LogP contribution in [0.3, 0.4) is 0 Å². The third-order valence-corrected chi connectivity index (χ3v) is 2.77. The zero-order valence-corrected chi connectivity index (χ0v) is 9.87. The number of halogens is 1. The minimum atomic E-state index is 1.10. The minimum Gasteiger partial charge on any atom is -0.0985 e. The van der Waals surface area contributed by atoms with Gasteiger partial charge in [-0.1, -0.05) is 58.9 Å². The molecule has 0 aromatic heterocycles. The highest BCUT2D eigenvalue weighted by atomic mass is 79.9. The zero-order valence-electron chi connectivity index (χ0n) is 8.28. The maximum Gasteiger partial charge on any atom is 0.0181 e. The molecule has 15 heavy (non-hydrogen) atoms. The molecule has 0 bridgehead atoms. The molecule has 1 heteroatoms. The molecule has 0 nitrogen and oxygen atoms in total. The smallest absolute Gasteiger partial charge is 0.0181 e. The third-order valence-electron chi connectivity index (χ3n) is 2.28. The molecule has 0 aliphatic heterocycles. The SMILES string of the molecule is C=Cc1cccc(-c2cccc(Br)c2)c1. The topological polar surface area (TPSA) is 0 Å². The van der Waals surface area contributed by atoms with Crippen molar-refractivity contribution in [1.82, 2.24) is 0 Å². The van der Waals surface area contributed by atoms with E-state index in [2.05, 4.69) is 52.8 Å². The van der Waals surface area contributed by atoms with Crippen LogP contribution in [0.5, 0.6) is 0 Å². The summed E-state index contributed by atoms with van der Waals surface area (Å²) in [5, 5.41) is 0. The van der Waals surface area contributed by atoms with Crippen LogP contribution >= 0.6 is 15.9 Å². The number of rotatable bonds is 2. The first-order valence-electron chi connectivity index (χ1n) is 4.78. The van der Waals surface area contributed by atoms with E-state index in [9.17, 15) is 0 Å². The molecule has 0 fully saturated rings. The van der Waals surface area contributed by atoms with E-state index >= 15 is 0 Å². The standard InChI is InChI=1S/C14H11Br/c1-2-11-5-3-6-12(9-11)13-7-4-8-14(15)10-13/h2-10H,1H2. The zero-order chi connectivity index (χ0) is 10.7. The molecule has 0 saturated heterocycles. The van der Waals surface area contributed by atoms with E-state index in [1.54, 1.807) is 0 Å². The third kappa shape index (κ3) is 2.37. The maximum atomic E-state index is 3.77. The van der Waals surface area contributed by atoms with E-state index in [1.165, 1.54) is 11.1 Å². The first kappa shape index (κ1) is 10.2. The summed E-state index contributed by atoms with van der Waals surface area (Å²) >= 11 is 3.47. The van der Waals surface area contributed by atoms with Crippen LogP contribution in [0, 0.1) is 0 Å². The molecule has 0 spiro atoms. The fourth-order valence-corrected chi connectivity index (χ4v) is 1.91. The molecule has 74 valence electrons. The quantitative estimate of drug-likeness (QED) is 0.729. The summed E-state index contributed by atoms with van der Waals surface area (Å²) in [4.78, 5) is 0. The Kier molecular flexibility index (Phi) is 3.02. The van der Waals surface area contributed by atoms with Gasteiger partial charge < -0.3 is 0 Å². The van der Waals surface area contributed by atoms with Gasteiger partial charge in [-0.05, 0) is 34.9 Å². The molecular formula is C14H11Br. The molecule has 0 N–H and O–H groups in total. The molecule has 0 saturated carbocycles. The molecule has 0 radical (unpaired) electrons. The van der Waals surface area contributed by atoms with Gasteiger partial charge in [0.05, 0.1) is 0 Å². The summed E-state index contributed by atoms with van der Waals surface area (Å²) in [5.41, 5.74) is 3.58. The van der Waals surface area contributed by atoms with Crippen LogP contribution < -0.4 is 0 Å². The second kappa shape index (κ2) is 4.45. The van der Waals surface area contributed by atoms with Crippen LogP contribution in [0.4, 0.5) is 0 Å². The largest absolute Gasteiger partial charge is 0.0985 e. The van der Waals surface area contributed by atoms with Crippen molar-refractivity contribution in [1.29, 1.82) is 0 Å². The van der Waals surface area contributed by atoms with E-state index < -0.39 is 0 Å². The molecule has 0 aliphatic rings. The number of hydrogen-bond acceptors (Lipinski definition) is 0. The summed E-state index contributed by atoms with van der Waals surface area (Å²) in [6, 6.07) is 16.6. The second-order valence-electron chi connectivity index (χ2n) is 3.34. The fourth-order valence-electron chi connectivity index (χ4n) is 1.51. The summed E-state index contributed by atoms with van der Waals surface area (Å²) in [6.07, 6.45) is 1.86. The lowest BCUT2D eigenvalue weighted by molar-refractivity contribution is 1.58. The lowest BCUT2D eigenvalue weighted by atomic mass is 10.0. The first-order chi connectivity index (χ1) is 7.29. The predicted octanol–water partition coefficient (Wildman–Crippen LogP) is 4.76. The molecule has 0 amide bonds. The summed E-state index contributed by atoms with van der Waals surface area (Å²) in [5.74, 6) is 0. The van der Waals surface area contributed by atoms with E-state index in [4.69, 9.17) is 0 Å². The van der Waals surface area contributed by atoms with Gasteiger partial charge in [0.2, 0.25) is 0 Å². The van der Waals surface area contributed by atoms with Crippen molar-refractivity contribution >= 4 is 22.0 Å². The van der Waals surface area contributed by atoms with Gasteiger partial charge in [-0.15, -0.1) is 0 Å². The summed E-state index contributed by atoms with van der Waals surface area (Å²) < 4.78 is 1.10. The van der Waals surface area contributed by atoms with Gasteiger partial charge in [0.15, 0.2) is 0 Å². The molecule has 2 aromatic rings. The Morgan fingerprint density at radius 1 is 0.933 bits per heavy atom. The van der Waals surface area contributed by atoms with E-state index in [0.29, 0.717) is 0 Å². The summed E-state index contributed by atoms with van der Waals surface area (Å²) in [7, 11) is 0. The molecule has 0 heterocycles. The number of benzene rings is 2. The van der Waals surface area contributed by atoms with Crippen molar-refractivity contribution in [3.05, 3.63) is 65.1 Å². The Labute approximate surface area is 98.4 Å². The molecular weight excluding hydrogens is 248 g/mol. The maximum absolute atomic E-state index is 3.77. The van der Waals surface area contributed by atoms with Crippen LogP contribution in [0.2, 0.25) is 0 Å². The van der Waals surface area contributed by atoms with Crippen molar-refractivity contribution in [3.8, 4) is 11.1 Å². The Balaban J connectivity index is 2.49. The Morgan fingerprint density at radius 3 is 2.27 bits per heavy atom. The van der Waals surface area contributed by atoms with Crippen molar-refractivity contribution in [2.24, 2.45) is 0 Å².